The van der Waals surface area contributed by atoms with E-state index in [0.717, 1.165) is 36.0 Å². The highest BCUT2D eigenvalue weighted by Gasteiger charge is 2.29. The van der Waals surface area contributed by atoms with Crippen molar-refractivity contribution in [2.24, 2.45) is 0 Å². The Kier molecular flexibility index (Phi) is 4.22. The smallest absolute Gasteiger partial charge is 0.123 e. The first-order valence-corrected chi connectivity index (χ1v) is 6.93. The van der Waals surface area contributed by atoms with Gasteiger partial charge in [-0.2, -0.15) is 5.10 Å². The SMILES string of the molecule is CC(C)n1ncc(Br)c1C(O)C1CCCCO1. The summed E-state index contributed by atoms with van der Waals surface area (Å²) in [5, 5.41) is 14.7. The van der Waals surface area contributed by atoms with Gasteiger partial charge in [-0.15, -0.1) is 0 Å². The second kappa shape index (κ2) is 5.50. The second-order valence-corrected chi connectivity index (χ2v) is 5.62. The molecule has 96 valence electrons. The number of aliphatic hydroxyl groups excluding tert-OH is 1. The van der Waals surface area contributed by atoms with Gasteiger partial charge < -0.3 is 9.84 Å². The van der Waals surface area contributed by atoms with Crippen LogP contribution in [-0.4, -0.2) is 27.6 Å². The standard InChI is InChI=1S/C12H19BrN2O2/c1-8(2)15-11(9(13)7-14-15)12(16)10-5-3-4-6-17-10/h7-8,10,12,16H,3-6H2,1-2H3. The number of hydrogen-bond donors (Lipinski definition) is 1. The molecule has 5 heteroatoms. The van der Waals surface area contributed by atoms with Crippen LogP contribution in [0.1, 0.15) is 50.9 Å². The minimum Gasteiger partial charge on any atom is -0.384 e. The van der Waals surface area contributed by atoms with Crippen molar-refractivity contribution in [2.45, 2.75) is 51.4 Å². The molecule has 0 bridgehead atoms. The van der Waals surface area contributed by atoms with Crippen molar-refractivity contribution in [1.82, 2.24) is 9.78 Å². The number of rotatable bonds is 3. The van der Waals surface area contributed by atoms with Gasteiger partial charge in [0.05, 0.1) is 22.5 Å². The van der Waals surface area contributed by atoms with Crippen LogP contribution in [0.2, 0.25) is 0 Å². The Morgan fingerprint density at radius 1 is 1.53 bits per heavy atom. The van der Waals surface area contributed by atoms with Crippen LogP contribution in [0.5, 0.6) is 0 Å². The molecule has 0 aromatic carbocycles. The maximum Gasteiger partial charge on any atom is 0.123 e. The molecule has 17 heavy (non-hydrogen) atoms. The van der Waals surface area contributed by atoms with Crippen LogP contribution >= 0.6 is 15.9 Å². The van der Waals surface area contributed by atoms with Gasteiger partial charge in [0, 0.05) is 12.6 Å². The molecule has 2 rings (SSSR count). The van der Waals surface area contributed by atoms with E-state index in [4.69, 9.17) is 4.74 Å². The van der Waals surface area contributed by atoms with Gasteiger partial charge >= 0.3 is 0 Å². The fraction of sp³-hybridized carbons (Fsp3) is 0.750. The fourth-order valence-electron chi connectivity index (χ4n) is 2.23. The molecule has 1 saturated heterocycles. The Labute approximate surface area is 110 Å². The first-order valence-electron chi connectivity index (χ1n) is 6.14. The summed E-state index contributed by atoms with van der Waals surface area (Å²) in [4.78, 5) is 0. The van der Waals surface area contributed by atoms with Crippen LogP contribution in [0.15, 0.2) is 10.7 Å². The normalized spacial score (nSPS) is 23.0. The van der Waals surface area contributed by atoms with Crippen LogP contribution in [0, 0.1) is 0 Å². The van der Waals surface area contributed by atoms with Crippen molar-refractivity contribution in [3.05, 3.63) is 16.4 Å². The molecule has 1 N–H and O–H groups in total. The van der Waals surface area contributed by atoms with Crippen LogP contribution in [0.3, 0.4) is 0 Å². The van der Waals surface area contributed by atoms with E-state index in [1.165, 1.54) is 0 Å². The maximum atomic E-state index is 10.4. The number of hydrogen-bond acceptors (Lipinski definition) is 3. The van der Waals surface area contributed by atoms with Gasteiger partial charge in [-0.05, 0) is 49.0 Å². The largest absolute Gasteiger partial charge is 0.384 e. The lowest BCUT2D eigenvalue weighted by Crippen LogP contribution is -2.28. The molecule has 2 atom stereocenters. The zero-order valence-electron chi connectivity index (χ0n) is 10.3. The summed E-state index contributed by atoms with van der Waals surface area (Å²) in [6.45, 7) is 4.85. The lowest BCUT2D eigenvalue weighted by atomic mass is 10.0. The molecule has 1 aromatic heterocycles. The van der Waals surface area contributed by atoms with Crippen LogP contribution in [-0.2, 0) is 4.74 Å². The first kappa shape index (κ1) is 13.1. The maximum absolute atomic E-state index is 10.4. The predicted octanol–water partition coefficient (Wildman–Crippen LogP) is 2.83. The zero-order chi connectivity index (χ0) is 12.4. The molecule has 0 spiro atoms. The number of nitrogens with zero attached hydrogens (tertiary/aromatic N) is 2. The lowest BCUT2D eigenvalue weighted by Gasteiger charge is -2.28. The topological polar surface area (TPSA) is 47.3 Å². The van der Waals surface area contributed by atoms with Crippen LogP contribution in [0.25, 0.3) is 0 Å². The van der Waals surface area contributed by atoms with Gasteiger partial charge in [-0.3, -0.25) is 4.68 Å². The summed E-state index contributed by atoms with van der Waals surface area (Å²) < 4.78 is 8.35. The summed E-state index contributed by atoms with van der Waals surface area (Å²) >= 11 is 3.45. The third kappa shape index (κ3) is 2.72. The molecule has 1 aliphatic heterocycles. The van der Waals surface area contributed by atoms with E-state index in [-0.39, 0.29) is 12.1 Å². The molecule has 1 aromatic rings. The molecule has 2 unspecified atom stereocenters. The summed E-state index contributed by atoms with van der Waals surface area (Å²) in [5.41, 5.74) is 0.826. The highest BCUT2D eigenvalue weighted by molar-refractivity contribution is 9.10. The van der Waals surface area contributed by atoms with Crippen LogP contribution < -0.4 is 0 Å². The minimum absolute atomic E-state index is 0.103. The molecular weight excluding hydrogens is 284 g/mol. The van der Waals surface area contributed by atoms with Crippen LogP contribution in [0.4, 0.5) is 0 Å². The Bertz CT molecular complexity index is 373. The Morgan fingerprint density at radius 3 is 2.88 bits per heavy atom. The van der Waals surface area contributed by atoms with Crippen molar-refractivity contribution < 1.29 is 9.84 Å². The molecule has 1 aliphatic rings. The van der Waals surface area contributed by atoms with Crippen molar-refractivity contribution in [1.29, 1.82) is 0 Å². The van der Waals surface area contributed by atoms with E-state index in [1.807, 2.05) is 4.68 Å². The second-order valence-electron chi connectivity index (χ2n) is 4.77. The summed E-state index contributed by atoms with van der Waals surface area (Å²) in [6.07, 6.45) is 4.16. The average molecular weight is 303 g/mol. The van der Waals surface area contributed by atoms with Crippen molar-refractivity contribution in [3.8, 4) is 0 Å². The fourth-order valence-corrected chi connectivity index (χ4v) is 2.74. The van der Waals surface area contributed by atoms with E-state index in [0.29, 0.717) is 0 Å². The quantitative estimate of drug-likeness (QED) is 0.934. The zero-order valence-corrected chi connectivity index (χ0v) is 11.9. The van der Waals surface area contributed by atoms with Gasteiger partial charge in [-0.25, -0.2) is 0 Å². The van der Waals surface area contributed by atoms with E-state index >= 15 is 0 Å². The summed E-state index contributed by atoms with van der Waals surface area (Å²) in [6, 6.07) is 0.231. The molecule has 1 fully saturated rings. The first-order chi connectivity index (χ1) is 8.11. The highest BCUT2D eigenvalue weighted by atomic mass is 79.9. The van der Waals surface area contributed by atoms with E-state index < -0.39 is 6.10 Å². The molecule has 4 nitrogen and oxygen atoms in total. The molecule has 0 aliphatic carbocycles. The molecular formula is C12H19BrN2O2. The summed E-state index contributed by atoms with van der Waals surface area (Å²) in [5.74, 6) is 0. The number of ether oxygens (including phenoxy) is 1. The number of aromatic nitrogens is 2. The Hall–Kier alpha value is -0.390. The Morgan fingerprint density at radius 2 is 2.29 bits per heavy atom. The van der Waals surface area contributed by atoms with Crippen molar-refractivity contribution >= 4 is 15.9 Å². The molecule has 0 radical (unpaired) electrons. The lowest BCUT2D eigenvalue weighted by molar-refractivity contribution is -0.0668. The number of halogens is 1. The molecule has 2 heterocycles. The van der Waals surface area contributed by atoms with Crippen molar-refractivity contribution in [2.75, 3.05) is 6.61 Å². The van der Waals surface area contributed by atoms with Gasteiger partial charge in [-0.1, -0.05) is 0 Å². The van der Waals surface area contributed by atoms with Gasteiger partial charge in [0.2, 0.25) is 0 Å². The molecule has 0 saturated carbocycles. The third-order valence-corrected chi connectivity index (χ3v) is 3.73. The minimum atomic E-state index is -0.602. The predicted molar refractivity (Wildman–Crippen MR) is 68.9 cm³/mol. The van der Waals surface area contributed by atoms with E-state index in [1.54, 1.807) is 6.20 Å². The van der Waals surface area contributed by atoms with Crippen molar-refractivity contribution in [3.63, 3.8) is 0 Å². The number of aliphatic hydroxyl groups is 1. The van der Waals surface area contributed by atoms with Gasteiger partial charge in [0.1, 0.15) is 6.10 Å². The van der Waals surface area contributed by atoms with E-state index in [2.05, 4.69) is 34.9 Å². The van der Waals surface area contributed by atoms with E-state index in [9.17, 15) is 5.11 Å². The average Bonchev–Trinajstić information content (AvgIpc) is 2.71. The Balaban J connectivity index is 2.22. The summed E-state index contributed by atoms with van der Waals surface area (Å²) in [7, 11) is 0. The third-order valence-electron chi connectivity index (χ3n) is 3.12. The van der Waals surface area contributed by atoms with Gasteiger partial charge in [0.25, 0.3) is 0 Å². The van der Waals surface area contributed by atoms with Gasteiger partial charge in [0.15, 0.2) is 0 Å². The highest BCUT2D eigenvalue weighted by Crippen LogP contribution is 2.32. The monoisotopic (exact) mass is 302 g/mol. The molecule has 0 amide bonds.